The van der Waals surface area contributed by atoms with Crippen LogP contribution >= 0.6 is 0 Å². The zero-order valence-corrected chi connectivity index (χ0v) is 11.3. The number of nitrogens with two attached hydrogens (primary N) is 3. The van der Waals surface area contributed by atoms with Crippen LogP contribution in [-0.2, 0) is 9.59 Å². The molecule has 0 heterocycles. The van der Waals surface area contributed by atoms with Gasteiger partial charge in [0.05, 0.1) is 12.8 Å². The van der Waals surface area contributed by atoms with Gasteiger partial charge in [0.15, 0.2) is 0 Å². The number of aliphatic carboxylic acids is 1. The Hall–Kier alpha value is -1.22. The van der Waals surface area contributed by atoms with E-state index in [9.17, 15) is 9.59 Å². The fraction of sp³-hybridized carbons (Fsp3) is 0.818. The van der Waals surface area contributed by atoms with Gasteiger partial charge in [-0.05, 0) is 12.8 Å². The smallest absolute Gasteiger partial charge is 0.320 e. The highest BCUT2D eigenvalue weighted by atomic mass is 16.4. The summed E-state index contributed by atoms with van der Waals surface area (Å²) >= 11 is 0. The highest BCUT2D eigenvalue weighted by Crippen LogP contribution is 1.96. The Morgan fingerprint density at radius 1 is 1.26 bits per heavy atom. The number of hydrogen-bond donors (Lipinski definition) is 6. The van der Waals surface area contributed by atoms with E-state index in [-0.39, 0.29) is 32.2 Å². The van der Waals surface area contributed by atoms with E-state index in [4.69, 9.17) is 27.4 Å². The van der Waals surface area contributed by atoms with Crippen LogP contribution in [0.15, 0.2) is 0 Å². The van der Waals surface area contributed by atoms with Crippen LogP contribution in [0.1, 0.15) is 32.6 Å². The molecule has 0 aliphatic rings. The van der Waals surface area contributed by atoms with Gasteiger partial charge in [-0.3, -0.25) is 9.59 Å². The van der Waals surface area contributed by atoms with E-state index in [0.717, 1.165) is 12.8 Å². The van der Waals surface area contributed by atoms with Crippen LogP contribution in [0.2, 0.25) is 0 Å². The number of primary amides is 1. The third-order valence-corrected chi connectivity index (χ3v) is 2.10. The van der Waals surface area contributed by atoms with Gasteiger partial charge in [-0.1, -0.05) is 13.3 Å². The molecule has 19 heavy (non-hydrogen) atoms. The molecular weight excluding hydrogens is 252 g/mol. The number of amides is 1. The number of carboxylic acids is 1. The van der Waals surface area contributed by atoms with Crippen molar-refractivity contribution in [3.8, 4) is 0 Å². The summed E-state index contributed by atoms with van der Waals surface area (Å²) in [5.74, 6) is -1.58. The van der Waals surface area contributed by atoms with E-state index >= 15 is 0 Å². The molecule has 0 saturated heterocycles. The highest BCUT2D eigenvalue weighted by molar-refractivity contribution is 5.77. The Labute approximate surface area is 113 Å². The Bertz CT molecular complexity index is 249. The summed E-state index contributed by atoms with van der Waals surface area (Å²) in [5.41, 5.74) is 15.2. The first kappa shape index (κ1) is 20.1. The molecule has 0 spiro atoms. The SMILES string of the molecule is CCCC(N)N.NC(=O)CCC(NCCO)C(=O)O. The Morgan fingerprint density at radius 2 is 1.84 bits per heavy atom. The Balaban J connectivity index is 0. The molecule has 0 aliphatic heterocycles. The normalized spacial score (nSPS) is 11.6. The van der Waals surface area contributed by atoms with Gasteiger partial charge >= 0.3 is 5.97 Å². The molecule has 0 rings (SSSR count). The zero-order chi connectivity index (χ0) is 15.3. The van der Waals surface area contributed by atoms with E-state index in [0.29, 0.717) is 0 Å². The summed E-state index contributed by atoms with van der Waals surface area (Å²) in [4.78, 5) is 20.9. The molecule has 0 fully saturated rings. The Morgan fingerprint density at radius 3 is 2.11 bits per heavy atom. The number of hydrogen-bond acceptors (Lipinski definition) is 6. The summed E-state index contributed by atoms with van der Waals surface area (Å²) in [6.07, 6.45) is 2.08. The summed E-state index contributed by atoms with van der Waals surface area (Å²) in [5, 5.41) is 19.6. The van der Waals surface area contributed by atoms with Crippen LogP contribution in [0, 0.1) is 0 Å². The van der Waals surface area contributed by atoms with Crippen LogP contribution in [0.5, 0.6) is 0 Å². The molecule has 8 nitrogen and oxygen atoms in total. The molecule has 9 N–H and O–H groups in total. The quantitative estimate of drug-likeness (QED) is 0.274. The van der Waals surface area contributed by atoms with Crippen LogP contribution in [0.25, 0.3) is 0 Å². The lowest BCUT2D eigenvalue weighted by atomic mass is 10.1. The van der Waals surface area contributed by atoms with Crippen molar-refractivity contribution in [1.82, 2.24) is 5.32 Å². The number of aliphatic hydroxyl groups is 1. The van der Waals surface area contributed by atoms with Crippen molar-refractivity contribution in [3.05, 3.63) is 0 Å². The van der Waals surface area contributed by atoms with E-state index in [1.165, 1.54) is 0 Å². The lowest BCUT2D eigenvalue weighted by Crippen LogP contribution is -2.39. The molecule has 0 aliphatic carbocycles. The minimum Gasteiger partial charge on any atom is -0.480 e. The van der Waals surface area contributed by atoms with Gasteiger partial charge < -0.3 is 32.7 Å². The predicted molar refractivity (Wildman–Crippen MR) is 72.0 cm³/mol. The maximum absolute atomic E-state index is 10.5. The van der Waals surface area contributed by atoms with Crippen LogP contribution < -0.4 is 22.5 Å². The zero-order valence-electron chi connectivity index (χ0n) is 11.3. The first-order chi connectivity index (χ1) is 8.84. The molecule has 114 valence electrons. The number of rotatable bonds is 9. The number of carboxylic acid groups (broad SMARTS) is 1. The van der Waals surface area contributed by atoms with Crippen molar-refractivity contribution >= 4 is 11.9 Å². The van der Waals surface area contributed by atoms with Gasteiger partial charge in [-0.2, -0.15) is 0 Å². The fourth-order valence-corrected chi connectivity index (χ4v) is 1.17. The molecular formula is C11H26N4O4. The monoisotopic (exact) mass is 278 g/mol. The average molecular weight is 278 g/mol. The minimum absolute atomic E-state index is 0.0232. The van der Waals surface area contributed by atoms with E-state index in [1.807, 2.05) is 0 Å². The van der Waals surface area contributed by atoms with Crippen LogP contribution in [0.4, 0.5) is 0 Å². The first-order valence-electron chi connectivity index (χ1n) is 6.21. The van der Waals surface area contributed by atoms with E-state index < -0.39 is 17.9 Å². The van der Waals surface area contributed by atoms with Gasteiger partial charge in [0.2, 0.25) is 5.91 Å². The van der Waals surface area contributed by atoms with E-state index in [2.05, 4.69) is 12.2 Å². The molecule has 0 bridgehead atoms. The lowest BCUT2D eigenvalue weighted by molar-refractivity contribution is -0.139. The van der Waals surface area contributed by atoms with Crippen molar-refractivity contribution in [3.63, 3.8) is 0 Å². The second kappa shape index (κ2) is 13.2. The largest absolute Gasteiger partial charge is 0.480 e. The first-order valence-corrected chi connectivity index (χ1v) is 6.21. The van der Waals surface area contributed by atoms with Crippen molar-refractivity contribution in [2.24, 2.45) is 17.2 Å². The molecule has 0 aromatic heterocycles. The average Bonchev–Trinajstić information content (AvgIpc) is 2.28. The summed E-state index contributed by atoms with van der Waals surface area (Å²) in [6.45, 7) is 2.11. The van der Waals surface area contributed by atoms with Crippen LogP contribution in [0.3, 0.4) is 0 Å². The third kappa shape index (κ3) is 16.8. The summed E-state index contributed by atoms with van der Waals surface area (Å²) in [6, 6.07) is -0.820. The second-order valence-electron chi connectivity index (χ2n) is 4.03. The molecule has 0 aromatic carbocycles. The second-order valence-corrected chi connectivity index (χ2v) is 4.03. The van der Waals surface area contributed by atoms with Gasteiger partial charge in [0.25, 0.3) is 0 Å². The molecule has 1 atom stereocenters. The summed E-state index contributed by atoms with van der Waals surface area (Å²) < 4.78 is 0. The van der Waals surface area contributed by atoms with Gasteiger partial charge in [0.1, 0.15) is 6.04 Å². The number of nitrogens with one attached hydrogen (secondary N) is 1. The molecule has 1 unspecified atom stereocenters. The van der Waals surface area contributed by atoms with Crippen molar-refractivity contribution < 1.29 is 19.8 Å². The van der Waals surface area contributed by atoms with Gasteiger partial charge in [-0.25, -0.2) is 0 Å². The maximum atomic E-state index is 10.5. The minimum atomic E-state index is -1.05. The highest BCUT2D eigenvalue weighted by Gasteiger charge is 2.16. The topological polar surface area (TPSA) is 165 Å². The van der Waals surface area contributed by atoms with Crippen LogP contribution in [-0.4, -0.2) is 47.4 Å². The third-order valence-electron chi connectivity index (χ3n) is 2.10. The summed E-state index contributed by atoms with van der Waals surface area (Å²) in [7, 11) is 0. The van der Waals surface area contributed by atoms with Gasteiger partial charge in [0, 0.05) is 13.0 Å². The molecule has 0 aromatic rings. The predicted octanol–water partition coefficient (Wildman–Crippen LogP) is -1.68. The number of aliphatic hydroxyl groups excluding tert-OH is 1. The maximum Gasteiger partial charge on any atom is 0.320 e. The lowest BCUT2D eigenvalue weighted by Gasteiger charge is -2.11. The Kier molecular flexibility index (Phi) is 14.0. The van der Waals surface area contributed by atoms with Crippen molar-refractivity contribution in [2.75, 3.05) is 13.2 Å². The fourth-order valence-electron chi connectivity index (χ4n) is 1.17. The van der Waals surface area contributed by atoms with E-state index in [1.54, 1.807) is 0 Å². The van der Waals surface area contributed by atoms with Crippen molar-refractivity contribution in [1.29, 1.82) is 0 Å². The molecule has 1 amide bonds. The standard InChI is InChI=1S/C7H14N2O4.C4H12N2/c8-6(11)2-1-5(7(12)13)9-3-4-10;1-2-3-4(5)6/h5,9-10H,1-4H2,(H2,8,11)(H,12,13);4H,2-3,5-6H2,1H3. The molecule has 0 saturated carbocycles. The molecule has 8 heteroatoms. The number of carbonyl (C=O) groups is 2. The number of carbonyl (C=O) groups excluding carboxylic acids is 1. The van der Waals surface area contributed by atoms with Gasteiger partial charge in [-0.15, -0.1) is 0 Å². The molecule has 0 radical (unpaired) electrons. The van der Waals surface area contributed by atoms with Crippen molar-refractivity contribution in [2.45, 2.75) is 44.8 Å².